The van der Waals surface area contributed by atoms with Crippen LogP contribution in [0, 0.1) is 17.0 Å². The van der Waals surface area contributed by atoms with Crippen LogP contribution in [0.15, 0.2) is 41.3 Å². The van der Waals surface area contributed by atoms with Gasteiger partial charge in [0, 0.05) is 36.5 Å². The number of rotatable bonds is 6. The van der Waals surface area contributed by atoms with Crippen molar-refractivity contribution in [1.29, 1.82) is 0 Å². The van der Waals surface area contributed by atoms with Crippen molar-refractivity contribution in [2.75, 3.05) is 6.26 Å². The molecule has 4 rings (SSSR count). The van der Waals surface area contributed by atoms with E-state index >= 15 is 0 Å². The minimum absolute atomic E-state index is 0.0837. The van der Waals surface area contributed by atoms with Crippen LogP contribution in [0.1, 0.15) is 40.6 Å². The van der Waals surface area contributed by atoms with Crippen molar-refractivity contribution in [2.45, 2.75) is 37.2 Å². The number of fused-ring (bicyclic) bond motifs is 1. The van der Waals surface area contributed by atoms with Crippen molar-refractivity contribution in [2.24, 2.45) is 0 Å². The molecular formula is C20H20N4O5S. The maximum absolute atomic E-state index is 12.5. The Hall–Kier alpha value is -3.27. The summed E-state index contributed by atoms with van der Waals surface area (Å²) in [5.41, 5.74) is 2.19. The summed E-state index contributed by atoms with van der Waals surface area (Å²) in [6.45, 7) is 2.16. The molecule has 0 atom stereocenters. The number of aryl methyl sites for hydroxylation is 1. The Morgan fingerprint density at radius 1 is 1.27 bits per heavy atom. The fourth-order valence-corrected chi connectivity index (χ4v) is 4.16. The number of hydrogen-bond acceptors (Lipinski definition) is 6. The quantitative estimate of drug-likeness (QED) is 0.475. The van der Waals surface area contributed by atoms with Gasteiger partial charge in [0.05, 0.1) is 20.9 Å². The van der Waals surface area contributed by atoms with Crippen LogP contribution in [0.25, 0.3) is 11.0 Å². The molecule has 30 heavy (non-hydrogen) atoms. The van der Waals surface area contributed by atoms with Crippen LogP contribution in [-0.2, 0) is 16.4 Å². The third-order valence-corrected chi connectivity index (χ3v) is 6.18. The SMILES string of the molecule is Cc1nc2cc(CNC(=O)c3cc([N+](=O)[O-])cc(S(C)(=O)=O)c3)ccc2n1C1CC1. The van der Waals surface area contributed by atoms with Gasteiger partial charge in [-0.15, -0.1) is 0 Å². The lowest BCUT2D eigenvalue weighted by Gasteiger charge is -2.08. The van der Waals surface area contributed by atoms with Gasteiger partial charge in [-0.3, -0.25) is 14.9 Å². The Kier molecular flexibility index (Phi) is 4.81. The lowest BCUT2D eigenvalue weighted by atomic mass is 10.1. The van der Waals surface area contributed by atoms with Crippen molar-refractivity contribution in [3.63, 3.8) is 0 Å². The van der Waals surface area contributed by atoms with Gasteiger partial charge in [0.1, 0.15) is 5.82 Å². The lowest BCUT2D eigenvalue weighted by Crippen LogP contribution is -2.23. The molecule has 1 aromatic heterocycles. The molecule has 1 amide bonds. The summed E-state index contributed by atoms with van der Waals surface area (Å²) < 4.78 is 25.8. The Morgan fingerprint density at radius 2 is 2.00 bits per heavy atom. The van der Waals surface area contributed by atoms with Crippen molar-refractivity contribution < 1.29 is 18.1 Å². The average molecular weight is 428 g/mol. The van der Waals surface area contributed by atoms with Gasteiger partial charge in [0.25, 0.3) is 11.6 Å². The second-order valence-electron chi connectivity index (χ2n) is 7.51. The first-order chi connectivity index (χ1) is 14.1. The van der Waals surface area contributed by atoms with Crippen LogP contribution in [0.4, 0.5) is 5.69 Å². The van der Waals surface area contributed by atoms with E-state index in [1.165, 1.54) is 0 Å². The van der Waals surface area contributed by atoms with E-state index in [2.05, 4.69) is 14.9 Å². The predicted molar refractivity (Wildman–Crippen MR) is 110 cm³/mol. The minimum atomic E-state index is -3.71. The maximum atomic E-state index is 12.5. The van der Waals surface area contributed by atoms with E-state index in [-0.39, 0.29) is 17.0 Å². The van der Waals surface area contributed by atoms with Gasteiger partial charge in [0.2, 0.25) is 0 Å². The first-order valence-electron chi connectivity index (χ1n) is 9.38. The number of nitrogens with one attached hydrogen (secondary N) is 1. The highest BCUT2D eigenvalue weighted by atomic mass is 32.2. The van der Waals surface area contributed by atoms with E-state index in [0.29, 0.717) is 6.04 Å². The summed E-state index contributed by atoms with van der Waals surface area (Å²) in [5.74, 6) is 0.363. The number of nitro benzene ring substituents is 1. The van der Waals surface area contributed by atoms with E-state index in [9.17, 15) is 23.3 Å². The van der Waals surface area contributed by atoms with Gasteiger partial charge in [-0.2, -0.15) is 0 Å². The number of nitrogens with zero attached hydrogens (tertiary/aromatic N) is 3. The standard InChI is InChI=1S/C20H20N4O5S/c1-12-22-18-7-13(3-6-19(18)23(12)15-4-5-15)11-21-20(25)14-8-16(24(26)27)10-17(9-14)30(2,28)29/h3,6-10,15H,4-5,11H2,1-2H3,(H,21,25). The molecule has 9 nitrogen and oxygen atoms in total. The van der Waals surface area contributed by atoms with Crippen LogP contribution in [-0.4, -0.2) is 35.1 Å². The summed E-state index contributed by atoms with van der Waals surface area (Å²) in [6, 6.07) is 9.44. The Morgan fingerprint density at radius 3 is 2.63 bits per heavy atom. The van der Waals surface area contributed by atoms with Gasteiger partial charge in [-0.1, -0.05) is 6.07 Å². The maximum Gasteiger partial charge on any atom is 0.271 e. The number of benzene rings is 2. The summed E-state index contributed by atoms with van der Waals surface area (Å²) in [7, 11) is -3.71. The van der Waals surface area contributed by atoms with Crippen LogP contribution in [0.3, 0.4) is 0 Å². The molecule has 0 unspecified atom stereocenters. The molecule has 0 aliphatic heterocycles. The van der Waals surface area contributed by atoms with E-state index < -0.39 is 26.4 Å². The molecule has 10 heteroatoms. The number of nitro groups is 1. The third-order valence-electron chi connectivity index (χ3n) is 5.09. The second kappa shape index (κ2) is 7.21. The van der Waals surface area contributed by atoms with Crippen molar-refractivity contribution >= 4 is 32.5 Å². The first kappa shape index (κ1) is 20.0. The van der Waals surface area contributed by atoms with Crippen LogP contribution in [0.2, 0.25) is 0 Å². The largest absolute Gasteiger partial charge is 0.348 e. The number of carbonyl (C=O) groups is 1. The van der Waals surface area contributed by atoms with Crippen LogP contribution in [0.5, 0.6) is 0 Å². The molecule has 1 aliphatic carbocycles. The van der Waals surface area contributed by atoms with E-state index in [4.69, 9.17) is 0 Å². The van der Waals surface area contributed by atoms with Crippen molar-refractivity contribution in [3.05, 3.63) is 63.5 Å². The van der Waals surface area contributed by atoms with Gasteiger partial charge < -0.3 is 9.88 Å². The Balaban J connectivity index is 1.56. The van der Waals surface area contributed by atoms with Crippen molar-refractivity contribution in [1.82, 2.24) is 14.9 Å². The smallest absolute Gasteiger partial charge is 0.271 e. The molecule has 1 aliphatic rings. The first-order valence-corrected chi connectivity index (χ1v) is 11.3. The molecule has 1 fully saturated rings. The minimum Gasteiger partial charge on any atom is -0.348 e. The number of hydrogen-bond donors (Lipinski definition) is 1. The molecule has 0 spiro atoms. The number of sulfone groups is 1. The Labute approximate surface area is 172 Å². The second-order valence-corrected chi connectivity index (χ2v) is 9.53. The molecule has 0 saturated heterocycles. The number of non-ortho nitro benzene ring substituents is 1. The summed E-state index contributed by atoms with van der Waals surface area (Å²) >= 11 is 0. The van der Waals surface area contributed by atoms with Gasteiger partial charge >= 0.3 is 0 Å². The average Bonchev–Trinajstić information content (AvgIpc) is 3.46. The summed E-state index contributed by atoms with van der Waals surface area (Å²) in [5, 5.41) is 13.8. The molecule has 0 radical (unpaired) electrons. The predicted octanol–water partition coefficient (Wildman–Crippen LogP) is 2.92. The number of aromatic nitrogens is 2. The number of amides is 1. The Bertz CT molecular complexity index is 1290. The third kappa shape index (κ3) is 3.90. The lowest BCUT2D eigenvalue weighted by molar-refractivity contribution is -0.385. The molecule has 156 valence electrons. The zero-order chi connectivity index (χ0) is 21.6. The highest BCUT2D eigenvalue weighted by molar-refractivity contribution is 7.90. The van der Waals surface area contributed by atoms with Gasteiger partial charge in [-0.25, -0.2) is 13.4 Å². The fraction of sp³-hybridized carbons (Fsp3) is 0.300. The van der Waals surface area contributed by atoms with E-state index in [1.807, 2.05) is 25.1 Å². The number of imidazole rings is 1. The molecule has 1 N–H and O–H groups in total. The summed E-state index contributed by atoms with van der Waals surface area (Å²) in [4.78, 5) is 27.3. The fourth-order valence-electron chi connectivity index (χ4n) is 3.49. The zero-order valence-electron chi connectivity index (χ0n) is 16.5. The monoisotopic (exact) mass is 428 g/mol. The molecule has 3 aromatic rings. The van der Waals surface area contributed by atoms with Crippen LogP contribution >= 0.6 is 0 Å². The zero-order valence-corrected chi connectivity index (χ0v) is 17.3. The van der Waals surface area contributed by atoms with Gasteiger partial charge in [-0.05, 0) is 43.5 Å². The molecule has 0 bridgehead atoms. The van der Waals surface area contributed by atoms with Crippen molar-refractivity contribution in [3.8, 4) is 0 Å². The topological polar surface area (TPSA) is 124 Å². The van der Waals surface area contributed by atoms with Gasteiger partial charge in [0.15, 0.2) is 9.84 Å². The normalized spacial score (nSPS) is 14.1. The van der Waals surface area contributed by atoms with E-state index in [0.717, 1.165) is 59.7 Å². The molecule has 1 saturated carbocycles. The van der Waals surface area contributed by atoms with Crippen LogP contribution < -0.4 is 5.32 Å². The molecule has 2 aromatic carbocycles. The summed E-state index contributed by atoms with van der Waals surface area (Å²) in [6.07, 6.45) is 3.25. The molecule has 1 heterocycles. The molecular weight excluding hydrogens is 408 g/mol. The van der Waals surface area contributed by atoms with E-state index in [1.54, 1.807) is 0 Å². The highest BCUT2D eigenvalue weighted by Gasteiger charge is 2.27. The highest BCUT2D eigenvalue weighted by Crippen LogP contribution is 2.38. The number of carbonyl (C=O) groups excluding carboxylic acids is 1.